The predicted molar refractivity (Wildman–Crippen MR) is 172 cm³/mol. The van der Waals surface area contributed by atoms with Gasteiger partial charge in [0.05, 0.1) is 0 Å². The van der Waals surface area contributed by atoms with Crippen molar-refractivity contribution in [3.8, 4) is 0 Å². The second kappa shape index (κ2) is 17.9. The second-order valence-electron chi connectivity index (χ2n) is 12.6. The van der Waals surface area contributed by atoms with Crippen molar-refractivity contribution in [2.75, 3.05) is 13.7 Å². The summed E-state index contributed by atoms with van der Waals surface area (Å²) in [7, 11) is 1.34. The van der Waals surface area contributed by atoms with E-state index < -0.39 is 84.0 Å². The summed E-state index contributed by atoms with van der Waals surface area (Å²) in [5.74, 6) is -2.75. The fraction of sp³-hybridized carbons (Fsp3) is 0.719. The highest BCUT2D eigenvalue weighted by Crippen LogP contribution is 2.36. The molecule has 0 aromatic carbocycles. The zero-order chi connectivity index (χ0) is 35.7. The van der Waals surface area contributed by atoms with Gasteiger partial charge in [0.2, 0.25) is 18.1 Å². The van der Waals surface area contributed by atoms with Gasteiger partial charge in [-0.2, -0.15) is 0 Å². The Morgan fingerprint density at radius 1 is 1.12 bits per heavy atom. The predicted octanol–water partition coefficient (Wildman–Crippen LogP) is -0.799. The van der Waals surface area contributed by atoms with E-state index in [1.54, 1.807) is 0 Å². The van der Waals surface area contributed by atoms with Crippen molar-refractivity contribution in [3.63, 3.8) is 0 Å². The minimum Gasteiger partial charge on any atom is -0.456 e. The number of ether oxygens (including phenoxy) is 5. The average molecular weight is 696 g/mol. The SMILES string of the molecule is CCCCCCCCO[C@@H]1[C@H](OC)[C@@H]([C@@H](O[C@H]2OC(C(=O)N[C@H]3CCC[C@@H](C)NC3=O)=C[C@H](O)[C@@H]2O)C(N)=O)O[C@H]1n1ccc(=O)[nH]c1=O. The van der Waals surface area contributed by atoms with E-state index in [1.165, 1.54) is 13.3 Å². The van der Waals surface area contributed by atoms with E-state index in [4.69, 9.17) is 29.4 Å². The van der Waals surface area contributed by atoms with Crippen LogP contribution in [0.3, 0.4) is 0 Å². The molecule has 17 heteroatoms. The third-order valence-electron chi connectivity index (χ3n) is 8.85. The molecule has 0 saturated carbocycles. The first-order valence-corrected chi connectivity index (χ1v) is 16.9. The number of aromatic nitrogens is 2. The molecule has 3 aliphatic heterocycles. The third kappa shape index (κ3) is 9.76. The van der Waals surface area contributed by atoms with Gasteiger partial charge in [0.15, 0.2) is 18.1 Å². The number of rotatable bonds is 16. The molecule has 0 spiro atoms. The first-order chi connectivity index (χ1) is 23.4. The smallest absolute Gasteiger partial charge is 0.330 e. The normalized spacial score (nSPS) is 30.8. The molecule has 7 N–H and O–H groups in total. The van der Waals surface area contributed by atoms with Crippen LogP contribution in [0.25, 0.3) is 0 Å². The van der Waals surface area contributed by atoms with Crippen LogP contribution in [0.15, 0.2) is 33.7 Å². The van der Waals surface area contributed by atoms with E-state index in [9.17, 15) is 34.2 Å². The van der Waals surface area contributed by atoms with Gasteiger partial charge >= 0.3 is 5.69 Å². The second-order valence-corrected chi connectivity index (χ2v) is 12.6. The van der Waals surface area contributed by atoms with Crippen molar-refractivity contribution in [3.05, 3.63) is 44.9 Å². The number of hydrogen-bond acceptors (Lipinski definition) is 12. The van der Waals surface area contributed by atoms with Gasteiger partial charge in [-0.25, -0.2) is 4.79 Å². The maximum Gasteiger partial charge on any atom is 0.330 e. The first-order valence-electron chi connectivity index (χ1n) is 16.9. The number of amides is 3. The van der Waals surface area contributed by atoms with Gasteiger partial charge < -0.3 is 50.3 Å². The molecule has 274 valence electrons. The molecule has 2 saturated heterocycles. The average Bonchev–Trinajstić information content (AvgIpc) is 3.32. The van der Waals surface area contributed by atoms with Gasteiger partial charge in [0.1, 0.15) is 36.6 Å². The summed E-state index contributed by atoms with van der Waals surface area (Å²) in [6, 6.07) is 0.203. The van der Waals surface area contributed by atoms with Gasteiger partial charge in [-0.1, -0.05) is 39.0 Å². The maximum atomic E-state index is 13.1. The van der Waals surface area contributed by atoms with E-state index in [0.717, 1.165) is 55.2 Å². The number of aliphatic hydroxyl groups is 2. The van der Waals surface area contributed by atoms with Crippen LogP contribution in [0, 0.1) is 0 Å². The number of hydrogen-bond donors (Lipinski definition) is 6. The molecule has 4 heterocycles. The van der Waals surface area contributed by atoms with Crippen LogP contribution in [-0.4, -0.2) is 106 Å². The highest BCUT2D eigenvalue weighted by Gasteiger charge is 2.53. The molecule has 17 nitrogen and oxygen atoms in total. The highest BCUT2D eigenvalue weighted by atomic mass is 16.7. The molecule has 2 fully saturated rings. The van der Waals surface area contributed by atoms with Crippen molar-refractivity contribution in [2.45, 2.75) is 133 Å². The Hall–Kier alpha value is -3.61. The molecule has 4 rings (SSSR count). The minimum absolute atomic E-state index is 0.0586. The Balaban J connectivity index is 1.52. The highest BCUT2D eigenvalue weighted by molar-refractivity contribution is 5.95. The lowest BCUT2D eigenvalue weighted by Gasteiger charge is -2.35. The summed E-state index contributed by atoms with van der Waals surface area (Å²) >= 11 is 0. The lowest BCUT2D eigenvalue weighted by molar-refractivity contribution is -0.241. The summed E-state index contributed by atoms with van der Waals surface area (Å²) in [4.78, 5) is 65.3. The summed E-state index contributed by atoms with van der Waals surface area (Å²) < 4.78 is 30.6. The molecular weight excluding hydrogens is 646 g/mol. The van der Waals surface area contributed by atoms with Crippen molar-refractivity contribution in [1.82, 2.24) is 20.2 Å². The van der Waals surface area contributed by atoms with E-state index in [0.29, 0.717) is 19.3 Å². The first kappa shape index (κ1) is 38.2. The van der Waals surface area contributed by atoms with Crippen molar-refractivity contribution >= 4 is 17.7 Å². The number of primary amides is 1. The quantitative estimate of drug-likeness (QED) is 0.117. The topological polar surface area (TPSA) is 243 Å². The van der Waals surface area contributed by atoms with Gasteiger partial charge in [0, 0.05) is 32.0 Å². The molecule has 1 aromatic heterocycles. The van der Waals surface area contributed by atoms with Crippen LogP contribution in [0.1, 0.15) is 77.9 Å². The summed E-state index contributed by atoms with van der Waals surface area (Å²) in [5.41, 5.74) is 4.32. The lowest BCUT2D eigenvalue weighted by Crippen LogP contribution is -2.54. The molecule has 0 radical (unpaired) electrons. The zero-order valence-electron chi connectivity index (χ0n) is 28.1. The van der Waals surface area contributed by atoms with Crippen molar-refractivity contribution in [2.24, 2.45) is 5.73 Å². The number of carbonyl (C=O) groups excluding carboxylic acids is 3. The van der Waals surface area contributed by atoms with Crippen molar-refractivity contribution < 1.29 is 48.3 Å². The summed E-state index contributed by atoms with van der Waals surface area (Å²) in [6.07, 6.45) is -1.67. The molecule has 3 aliphatic rings. The van der Waals surface area contributed by atoms with Gasteiger partial charge in [-0.3, -0.25) is 28.7 Å². The summed E-state index contributed by atoms with van der Waals surface area (Å²) in [5, 5.41) is 26.7. The summed E-state index contributed by atoms with van der Waals surface area (Å²) in [6.45, 7) is 4.25. The monoisotopic (exact) mass is 695 g/mol. The number of carbonyl (C=O) groups is 3. The molecule has 10 atom stereocenters. The maximum absolute atomic E-state index is 13.1. The molecule has 49 heavy (non-hydrogen) atoms. The number of nitrogens with two attached hydrogens (primary N) is 1. The van der Waals surface area contributed by atoms with Crippen LogP contribution in [0.2, 0.25) is 0 Å². The zero-order valence-corrected chi connectivity index (χ0v) is 28.1. The number of aliphatic hydroxyl groups excluding tert-OH is 2. The Bertz CT molecular complexity index is 1430. The minimum atomic E-state index is -1.81. The van der Waals surface area contributed by atoms with Crippen LogP contribution in [-0.2, 0) is 38.1 Å². The Morgan fingerprint density at radius 2 is 1.86 bits per heavy atom. The molecule has 3 amide bonds. The lowest BCUT2D eigenvalue weighted by atomic mass is 10.0. The molecule has 0 bridgehead atoms. The number of aromatic amines is 1. The van der Waals surface area contributed by atoms with E-state index in [2.05, 4.69) is 22.5 Å². The van der Waals surface area contributed by atoms with Gasteiger partial charge in [-0.05, 0) is 38.7 Å². The van der Waals surface area contributed by atoms with Crippen LogP contribution >= 0.6 is 0 Å². The number of H-pyrrole nitrogens is 1. The number of unbranched alkanes of at least 4 members (excludes halogenated alkanes) is 5. The Morgan fingerprint density at radius 3 is 2.55 bits per heavy atom. The standard InChI is InChI=1S/C32H49N5O12/c1-4-5-6-7-8-9-15-46-26-23(45-3)24(48-30(26)37-14-13-21(39)36-32(37)44)25(27(33)41)49-31-22(40)19(38)16-20(47-31)29(43)35-18-12-10-11-17(2)34-28(18)42/h13-14,16-19,22-26,30-31,38,40H,4-12,15H2,1-3H3,(H2,33,41)(H,34,42)(H,35,43)(H,36,39,44)/t17-,18+,19+,22+,23-,24+,25-,26-,30-,31-/m1/s1. The van der Waals surface area contributed by atoms with Crippen molar-refractivity contribution in [1.29, 1.82) is 0 Å². The number of methoxy groups -OCH3 is 1. The fourth-order valence-corrected chi connectivity index (χ4v) is 6.19. The third-order valence-corrected chi connectivity index (χ3v) is 8.85. The Labute approximate surface area is 283 Å². The van der Waals surface area contributed by atoms with Gasteiger partial charge in [-0.15, -0.1) is 0 Å². The number of nitrogens with one attached hydrogen (secondary N) is 3. The van der Waals surface area contributed by atoms with E-state index in [1.807, 2.05) is 6.92 Å². The molecule has 1 aromatic rings. The van der Waals surface area contributed by atoms with E-state index in [-0.39, 0.29) is 18.6 Å². The van der Waals surface area contributed by atoms with E-state index >= 15 is 0 Å². The van der Waals surface area contributed by atoms with Crippen LogP contribution < -0.4 is 27.6 Å². The Kier molecular flexibility index (Phi) is 13.9. The van der Waals surface area contributed by atoms with Gasteiger partial charge in [0.25, 0.3) is 11.5 Å². The molecular formula is C32H49N5O12. The van der Waals surface area contributed by atoms with Crippen LogP contribution in [0.5, 0.6) is 0 Å². The molecule has 0 aliphatic carbocycles. The largest absolute Gasteiger partial charge is 0.456 e. The number of nitrogens with zero attached hydrogens (tertiary/aromatic N) is 1. The molecule has 0 unspecified atom stereocenters. The fourth-order valence-electron chi connectivity index (χ4n) is 6.19. The van der Waals surface area contributed by atoms with Crippen LogP contribution in [0.4, 0.5) is 0 Å².